The maximum Gasteiger partial charge on any atom is 0.0897 e. The molecule has 1 aliphatic heterocycles. The second-order valence-corrected chi connectivity index (χ2v) is 1.82. The molecule has 3 nitrogen and oxygen atoms in total. The van der Waals surface area contributed by atoms with Crippen molar-refractivity contribution >= 4 is 12.4 Å². The summed E-state index contributed by atoms with van der Waals surface area (Å²) in [6, 6.07) is 2.09. The molecule has 1 N–H and O–H groups in total. The highest BCUT2D eigenvalue weighted by Gasteiger charge is 2.04. The molecule has 1 aliphatic rings. The first kappa shape index (κ1) is 9.44. The Morgan fingerprint density at radius 3 is 3.20 bits per heavy atom. The molecule has 0 radical (unpaired) electrons. The minimum Gasteiger partial charge on any atom is -0.300 e. The minimum atomic E-state index is -0.0833. The number of hydrogen-bond donors (Lipinski definition) is 1. The molecule has 0 amide bonds. The molecule has 0 spiro atoms. The number of nitriles is 1. The fraction of sp³-hybridized carbons (Fsp3) is 0.500. The predicted octanol–water partition coefficient (Wildman–Crippen LogP) is 0.639. The third-order valence-corrected chi connectivity index (χ3v) is 1.10. The molecule has 0 aromatic carbocycles. The molecule has 0 saturated heterocycles. The summed E-state index contributed by atoms with van der Waals surface area (Å²) < 4.78 is 0. The first-order valence-electron chi connectivity index (χ1n) is 2.84. The molecule has 0 fully saturated rings. The monoisotopic (exact) mass is 160 g/mol. The molecule has 1 rings (SSSR count). The van der Waals surface area contributed by atoms with Crippen LogP contribution in [0.15, 0.2) is 12.2 Å². The first-order valence-corrected chi connectivity index (χ1v) is 2.84. The SMILES string of the molecule is Cl.N#CC1C=CCNOC1. The molecule has 0 aromatic rings. The third-order valence-electron chi connectivity index (χ3n) is 1.10. The first-order chi connectivity index (χ1) is 4.43. The summed E-state index contributed by atoms with van der Waals surface area (Å²) in [5, 5.41) is 8.41. The van der Waals surface area contributed by atoms with E-state index in [4.69, 9.17) is 10.1 Å². The van der Waals surface area contributed by atoms with Gasteiger partial charge in [0.05, 0.1) is 18.6 Å². The van der Waals surface area contributed by atoms with Crippen molar-refractivity contribution in [2.75, 3.05) is 13.2 Å². The Morgan fingerprint density at radius 2 is 2.50 bits per heavy atom. The van der Waals surface area contributed by atoms with E-state index in [1.54, 1.807) is 0 Å². The van der Waals surface area contributed by atoms with Crippen molar-refractivity contribution < 1.29 is 4.84 Å². The smallest absolute Gasteiger partial charge is 0.0897 e. The zero-order valence-corrected chi connectivity index (χ0v) is 6.23. The molecule has 1 atom stereocenters. The molecule has 56 valence electrons. The van der Waals surface area contributed by atoms with Gasteiger partial charge >= 0.3 is 0 Å². The van der Waals surface area contributed by atoms with E-state index in [0.717, 1.165) is 0 Å². The zero-order valence-electron chi connectivity index (χ0n) is 5.41. The van der Waals surface area contributed by atoms with E-state index in [1.807, 2.05) is 12.2 Å². The van der Waals surface area contributed by atoms with Crippen molar-refractivity contribution in [1.82, 2.24) is 5.48 Å². The van der Waals surface area contributed by atoms with Crippen molar-refractivity contribution in [2.45, 2.75) is 0 Å². The maximum absolute atomic E-state index is 8.41. The summed E-state index contributed by atoms with van der Waals surface area (Å²) in [5.41, 5.74) is 2.67. The van der Waals surface area contributed by atoms with E-state index in [-0.39, 0.29) is 18.3 Å². The summed E-state index contributed by atoms with van der Waals surface area (Å²) in [7, 11) is 0. The number of hydroxylamine groups is 1. The summed E-state index contributed by atoms with van der Waals surface area (Å²) in [4.78, 5) is 4.86. The highest BCUT2D eigenvalue weighted by Crippen LogP contribution is 1.98. The lowest BCUT2D eigenvalue weighted by molar-refractivity contribution is 0.0454. The molecule has 0 aliphatic carbocycles. The van der Waals surface area contributed by atoms with Crippen LogP contribution in [0.4, 0.5) is 0 Å². The summed E-state index contributed by atoms with van der Waals surface area (Å²) in [5.74, 6) is -0.0833. The van der Waals surface area contributed by atoms with Crippen LogP contribution in [0.2, 0.25) is 0 Å². The molecule has 0 saturated carbocycles. The normalized spacial score (nSPS) is 24.1. The van der Waals surface area contributed by atoms with Gasteiger partial charge in [-0.1, -0.05) is 12.2 Å². The van der Waals surface area contributed by atoms with Crippen LogP contribution in [-0.2, 0) is 4.84 Å². The van der Waals surface area contributed by atoms with Gasteiger partial charge in [-0.05, 0) is 0 Å². The van der Waals surface area contributed by atoms with E-state index < -0.39 is 0 Å². The lowest BCUT2D eigenvalue weighted by Gasteiger charge is -1.99. The van der Waals surface area contributed by atoms with Gasteiger partial charge in [-0.3, -0.25) is 4.84 Å². The topological polar surface area (TPSA) is 45.0 Å². The van der Waals surface area contributed by atoms with E-state index in [0.29, 0.717) is 13.2 Å². The van der Waals surface area contributed by atoms with Crippen LogP contribution in [-0.4, -0.2) is 13.2 Å². The number of nitrogens with one attached hydrogen (secondary N) is 1. The van der Waals surface area contributed by atoms with Gasteiger partial charge in [-0.25, -0.2) is 0 Å². The quantitative estimate of drug-likeness (QED) is 0.529. The van der Waals surface area contributed by atoms with Crippen molar-refractivity contribution in [3.05, 3.63) is 12.2 Å². The second-order valence-electron chi connectivity index (χ2n) is 1.82. The van der Waals surface area contributed by atoms with Crippen LogP contribution in [0.5, 0.6) is 0 Å². The molecule has 4 heteroatoms. The van der Waals surface area contributed by atoms with Crippen LogP contribution in [0, 0.1) is 17.2 Å². The van der Waals surface area contributed by atoms with Crippen LogP contribution < -0.4 is 5.48 Å². The van der Waals surface area contributed by atoms with Gasteiger partial charge in [0.15, 0.2) is 0 Å². The average Bonchev–Trinajstić information content (AvgIpc) is 2.13. The Kier molecular flexibility index (Phi) is 4.95. The van der Waals surface area contributed by atoms with E-state index in [9.17, 15) is 0 Å². The average molecular weight is 161 g/mol. The second kappa shape index (κ2) is 5.24. The lowest BCUT2D eigenvalue weighted by Crippen LogP contribution is -2.14. The Morgan fingerprint density at radius 1 is 1.70 bits per heavy atom. The minimum absolute atomic E-state index is 0. The standard InChI is InChI=1S/C6H8N2O.ClH/c7-4-6-2-1-3-8-9-5-6;/h1-2,6,8H,3,5H2;1H. The number of rotatable bonds is 0. The molecule has 0 bridgehead atoms. The van der Waals surface area contributed by atoms with Crippen molar-refractivity contribution in [3.63, 3.8) is 0 Å². The summed E-state index contributed by atoms with van der Waals surface area (Å²) in [6.07, 6.45) is 3.74. The molecular weight excluding hydrogens is 152 g/mol. The fourth-order valence-corrected chi connectivity index (χ4v) is 0.624. The van der Waals surface area contributed by atoms with Crippen LogP contribution >= 0.6 is 12.4 Å². The molecule has 1 heterocycles. The zero-order chi connectivity index (χ0) is 6.53. The van der Waals surface area contributed by atoms with Gasteiger partial charge in [0.1, 0.15) is 0 Å². The highest BCUT2D eigenvalue weighted by atomic mass is 35.5. The van der Waals surface area contributed by atoms with Crippen molar-refractivity contribution in [2.24, 2.45) is 5.92 Å². The summed E-state index contributed by atoms with van der Waals surface area (Å²) >= 11 is 0. The van der Waals surface area contributed by atoms with Crippen LogP contribution in [0.3, 0.4) is 0 Å². The Balaban J connectivity index is 0.000000810. The van der Waals surface area contributed by atoms with Gasteiger partial charge < -0.3 is 0 Å². The van der Waals surface area contributed by atoms with Gasteiger partial charge in [0, 0.05) is 6.54 Å². The van der Waals surface area contributed by atoms with E-state index >= 15 is 0 Å². The Labute approximate surface area is 66.0 Å². The fourth-order valence-electron chi connectivity index (χ4n) is 0.624. The van der Waals surface area contributed by atoms with E-state index in [2.05, 4.69) is 11.5 Å². The van der Waals surface area contributed by atoms with Gasteiger partial charge in [-0.15, -0.1) is 12.4 Å². The predicted molar refractivity (Wildman–Crippen MR) is 39.4 cm³/mol. The van der Waals surface area contributed by atoms with Gasteiger partial charge in [0.25, 0.3) is 0 Å². The third kappa shape index (κ3) is 2.83. The van der Waals surface area contributed by atoms with Gasteiger partial charge in [0.2, 0.25) is 0 Å². The summed E-state index contributed by atoms with van der Waals surface area (Å²) in [6.45, 7) is 1.14. The largest absolute Gasteiger partial charge is 0.300 e. The number of nitrogens with zero attached hydrogens (tertiary/aromatic N) is 1. The lowest BCUT2D eigenvalue weighted by atomic mass is 10.2. The van der Waals surface area contributed by atoms with E-state index in [1.165, 1.54) is 0 Å². The van der Waals surface area contributed by atoms with Crippen molar-refractivity contribution in [3.8, 4) is 6.07 Å². The van der Waals surface area contributed by atoms with Crippen LogP contribution in [0.1, 0.15) is 0 Å². The maximum atomic E-state index is 8.41. The molecule has 0 aromatic heterocycles. The van der Waals surface area contributed by atoms with Gasteiger partial charge in [-0.2, -0.15) is 10.7 Å². The number of halogens is 1. The Hall–Kier alpha value is -0.560. The highest BCUT2D eigenvalue weighted by molar-refractivity contribution is 5.85. The van der Waals surface area contributed by atoms with Crippen molar-refractivity contribution in [1.29, 1.82) is 5.26 Å². The van der Waals surface area contributed by atoms with Crippen LogP contribution in [0.25, 0.3) is 0 Å². The molecule has 1 unspecified atom stereocenters. The molecular formula is C6H9ClN2O. The Bertz CT molecular complexity index is 152. The molecule has 10 heavy (non-hydrogen) atoms. The number of hydrogen-bond acceptors (Lipinski definition) is 3.